The molecule has 3 aromatic carbocycles. The molecule has 1 amide bonds. The smallest absolute Gasteiger partial charge is 0.281 e. The number of hydrogen-bond acceptors (Lipinski definition) is 2. The zero-order valence-corrected chi connectivity index (χ0v) is 14.5. The molecule has 0 aromatic heterocycles. The summed E-state index contributed by atoms with van der Waals surface area (Å²) in [5.74, 6) is -0.137. The fraction of sp³-hybridized carbons (Fsp3) is 0.0476. The second kappa shape index (κ2) is 6.15. The van der Waals surface area contributed by atoms with Crippen molar-refractivity contribution in [1.82, 2.24) is 5.32 Å². The maximum Gasteiger partial charge on any atom is 0.281 e. The van der Waals surface area contributed by atoms with Crippen molar-refractivity contribution in [2.24, 2.45) is 0 Å². The minimum absolute atomic E-state index is 0.137. The summed E-state index contributed by atoms with van der Waals surface area (Å²) >= 11 is 5.36. The summed E-state index contributed by atoms with van der Waals surface area (Å²) in [6.45, 7) is 2.01. The summed E-state index contributed by atoms with van der Waals surface area (Å²) in [7, 11) is 0. The number of anilines is 1. The summed E-state index contributed by atoms with van der Waals surface area (Å²) < 4.78 is 0. The fourth-order valence-corrected chi connectivity index (χ4v) is 3.23. The van der Waals surface area contributed by atoms with Crippen molar-refractivity contribution in [1.29, 1.82) is 0 Å². The van der Waals surface area contributed by atoms with Crippen LogP contribution >= 0.6 is 12.2 Å². The van der Waals surface area contributed by atoms with E-state index in [1.165, 1.54) is 10.3 Å². The van der Waals surface area contributed by atoms with Crippen molar-refractivity contribution in [2.75, 3.05) is 4.90 Å². The summed E-state index contributed by atoms with van der Waals surface area (Å²) in [5.41, 5.74) is 3.36. The monoisotopic (exact) mass is 344 g/mol. The number of benzene rings is 3. The predicted molar refractivity (Wildman–Crippen MR) is 106 cm³/mol. The second-order valence-corrected chi connectivity index (χ2v) is 6.46. The fourth-order valence-electron chi connectivity index (χ4n) is 2.93. The summed E-state index contributed by atoms with van der Waals surface area (Å²) in [6.07, 6.45) is 1.84. The van der Waals surface area contributed by atoms with Crippen LogP contribution in [0, 0.1) is 6.92 Å². The van der Waals surface area contributed by atoms with Gasteiger partial charge in [-0.25, -0.2) is 0 Å². The molecule has 0 aliphatic carbocycles. The van der Waals surface area contributed by atoms with Gasteiger partial charge in [-0.2, -0.15) is 0 Å². The molecule has 0 radical (unpaired) electrons. The molecule has 25 heavy (non-hydrogen) atoms. The Morgan fingerprint density at radius 2 is 1.68 bits per heavy atom. The zero-order valence-electron chi connectivity index (χ0n) is 13.7. The highest BCUT2D eigenvalue weighted by atomic mass is 32.1. The Labute approximate surface area is 151 Å². The lowest BCUT2D eigenvalue weighted by atomic mass is 10.1. The molecule has 1 saturated heterocycles. The van der Waals surface area contributed by atoms with E-state index in [2.05, 4.69) is 29.6 Å². The molecule has 3 aromatic rings. The topological polar surface area (TPSA) is 32.3 Å². The van der Waals surface area contributed by atoms with Gasteiger partial charge in [-0.05, 0) is 59.8 Å². The Bertz CT molecular complexity index is 1020. The van der Waals surface area contributed by atoms with E-state index in [0.29, 0.717) is 10.8 Å². The molecule has 0 saturated carbocycles. The summed E-state index contributed by atoms with van der Waals surface area (Å²) in [4.78, 5) is 14.3. The first-order chi connectivity index (χ1) is 12.1. The van der Waals surface area contributed by atoms with Crippen molar-refractivity contribution in [3.8, 4) is 0 Å². The third-order valence-corrected chi connectivity index (χ3v) is 4.54. The van der Waals surface area contributed by atoms with Gasteiger partial charge in [-0.15, -0.1) is 0 Å². The largest absolute Gasteiger partial charge is 0.327 e. The molecule has 1 fully saturated rings. The van der Waals surface area contributed by atoms with Crippen LogP contribution in [0.3, 0.4) is 0 Å². The molecule has 0 spiro atoms. The molecular formula is C21H16N2OS. The van der Waals surface area contributed by atoms with Crippen LogP contribution in [-0.4, -0.2) is 11.0 Å². The number of carbonyl (C=O) groups excluding carboxylic acids is 1. The van der Waals surface area contributed by atoms with Gasteiger partial charge in [0.15, 0.2) is 5.11 Å². The number of fused-ring (bicyclic) bond motifs is 1. The average molecular weight is 344 g/mol. The van der Waals surface area contributed by atoms with E-state index in [1.54, 1.807) is 0 Å². The summed E-state index contributed by atoms with van der Waals surface area (Å²) in [5, 5.41) is 5.75. The third kappa shape index (κ3) is 2.92. The number of hydrogen-bond donors (Lipinski definition) is 1. The Balaban J connectivity index is 1.68. The van der Waals surface area contributed by atoms with Crippen LogP contribution in [0.15, 0.2) is 72.4 Å². The van der Waals surface area contributed by atoms with Crippen LogP contribution in [-0.2, 0) is 4.79 Å². The highest BCUT2D eigenvalue weighted by Gasteiger charge is 2.31. The van der Waals surface area contributed by atoms with Crippen LogP contribution < -0.4 is 10.2 Å². The van der Waals surface area contributed by atoms with Gasteiger partial charge >= 0.3 is 0 Å². The van der Waals surface area contributed by atoms with Gasteiger partial charge < -0.3 is 5.32 Å². The lowest BCUT2D eigenvalue weighted by molar-refractivity contribution is -0.113. The molecule has 122 valence electrons. The summed E-state index contributed by atoms with van der Waals surface area (Å²) in [6, 6.07) is 22.0. The molecule has 1 N–H and O–H groups in total. The number of nitrogens with one attached hydrogen (secondary N) is 1. The Hall–Kier alpha value is -2.98. The van der Waals surface area contributed by atoms with Gasteiger partial charge in [0, 0.05) is 0 Å². The van der Waals surface area contributed by atoms with Gasteiger partial charge in [0.1, 0.15) is 5.70 Å². The van der Waals surface area contributed by atoms with Gasteiger partial charge in [0.25, 0.3) is 5.91 Å². The van der Waals surface area contributed by atoms with E-state index in [0.717, 1.165) is 22.2 Å². The molecular weight excluding hydrogens is 328 g/mol. The van der Waals surface area contributed by atoms with E-state index in [-0.39, 0.29) is 5.91 Å². The van der Waals surface area contributed by atoms with Gasteiger partial charge in [-0.3, -0.25) is 9.69 Å². The van der Waals surface area contributed by atoms with Gasteiger partial charge in [-0.1, -0.05) is 54.1 Å². The predicted octanol–water partition coefficient (Wildman–Crippen LogP) is 4.41. The van der Waals surface area contributed by atoms with Crippen LogP contribution in [0.2, 0.25) is 0 Å². The van der Waals surface area contributed by atoms with Crippen LogP contribution in [0.5, 0.6) is 0 Å². The van der Waals surface area contributed by atoms with Crippen molar-refractivity contribution >= 4 is 45.8 Å². The van der Waals surface area contributed by atoms with E-state index in [9.17, 15) is 4.79 Å². The Morgan fingerprint density at radius 3 is 2.44 bits per heavy atom. The highest BCUT2D eigenvalue weighted by molar-refractivity contribution is 7.80. The van der Waals surface area contributed by atoms with Crippen molar-refractivity contribution in [3.05, 3.63) is 83.6 Å². The molecule has 1 aliphatic rings. The van der Waals surface area contributed by atoms with E-state index < -0.39 is 0 Å². The van der Waals surface area contributed by atoms with Gasteiger partial charge in [0.05, 0.1) is 5.69 Å². The molecule has 0 atom stereocenters. The number of carbonyl (C=O) groups is 1. The molecule has 4 heteroatoms. The second-order valence-electron chi connectivity index (χ2n) is 6.07. The molecule has 3 nitrogen and oxygen atoms in total. The first-order valence-electron chi connectivity index (χ1n) is 8.04. The SMILES string of the molecule is Cc1ccc(N2C(=O)/C(=C\c3ccc4ccccc4c3)NC2=S)cc1. The average Bonchev–Trinajstić information content (AvgIpc) is 2.89. The molecule has 1 heterocycles. The van der Waals surface area contributed by atoms with Crippen LogP contribution in [0.25, 0.3) is 16.8 Å². The van der Waals surface area contributed by atoms with E-state index in [4.69, 9.17) is 12.2 Å². The quantitative estimate of drug-likeness (QED) is 0.552. The van der Waals surface area contributed by atoms with E-state index >= 15 is 0 Å². The lowest BCUT2D eigenvalue weighted by Crippen LogP contribution is -2.30. The molecule has 0 bridgehead atoms. The normalized spacial score (nSPS) is 15.9. The standard InChI is InChI=1S/C21H16N2OS/c1-14-6-10-18(11-7-14)23-20(24)19(22-21(23)25)13-15-8-9-16-4-2-3-5-17(16)12-15/h2-13H,1H3,(H,22,25)/b19-13+. The van der Waals surface area contributed by atoms with Crippen LogP contribution in [0.1, 0.15) is 11.1 Å². The number of rotatable bonds is 2. The van der Waals surface area contributed by atoms with Crippen molar-refractivity contribution in [3.63, 3.8) is 0 Å². The minimum Gasteiger partial charge on any atom is -0.327 e. The van der Waals surface area contributed by atoms with E-state index in [1.807, 2.05) is 55.5 Å². The van der Waals surface area contributed by atoms with Crippen molar-refractivity contribution < 1.29 is 4.79 Å². The minimum atomic E-state index is -0.137. The Kier molecular flexibility index (Phi) is 3.82. The zero-order chi connectivity index (χ0) is 17.4. The molecule has 4 rings (SSSR count). The first-order valence-corrected chi connectivity index (χ1v) is 8.45. The van der Waals surface area contributed by atoms with Crippen molar-refractivity contribution in [2.45, 2.75) is 6.92 Å². The highest BCUT2D eigenvalue weighted by Crippen LogP contribution is 2.24. The molecule has 1 aliphatic heterocycles. The maximum atomic E-state index is 12.8. The first kappa shape index (κ1) is 15.5. The van der Waals surface area contributed by atoms with Gasteiger partial charge in [0.2, 0.25) is 0 Å². The van der Waals surface area contributed by atoms with Crippen LogP contribution in [0.4, 0.5) is 5.69 Å². The number of aryl methyl sites for hydroxylation is 1. The number of amides is 1. The lowest BCUT2D eigenvalue weighted by Gasteiger charge is -2.13. The number of nitrogens with zero attached hydrogens (tertiary/aromatic N) is 1. The number of thiocarbonyl (C=S) groups is 1. The maximum absolute atomic E-state index is 12.8. The Morgan fingerprint density at radius 1 is 0.960 bits per heavy atom. The third-order valence-electron chi connectivity index (χ3n) is 4.25. The molecule has 0 unspecified atom stereocenters.